The van der Waals surface area contributed by atoms with Crippen molar-refractivity contribution in [1.29, 1.82) is 0 Å². The molecule has 180 valence electrons. The largest absolute Gasteiger partial charge is 0.260 e. The van der Waals surface area contributed by atoms with Crippen molar-refractivity contribution in [3.63, 3.8) is 0 Å². The van der Waals surface area contributed by atoms with Crippen molar-refractivity contribution in [3.05, 3.63) is 95.8 Å². The van der Waals surface area contributed by atoms with E-state index in [-0.39, 0.29) is 16.2 Å². The van der Waals surface area contributed by atoms with Gasteiger partial charge in [-0.15, -0.1) is 0 Å². The fraction of sp³-hybridized carbons (Fsp3) is 0.355. The number of aromatic nitrogens is 4. The van der Waals surface area contributed by atoms with E-state index in [1.54, 1.807) is 0 Å². The quantitative estimate of drug-likeness (QED) is 0.313. The minimum Gasteiger partial charge on any atom is -0.260 e. The average Bonchev–Trinajstić information content (AvgIpc) is 2.83. The normalized spacial score (nSPS) is 12.6. The summed E-state index contributed by atoms with van der Waals surface area (Å²) < 4.78 is 0. The molecule has 4 heteroatoms. The Labute approximate surface area is 209 Å². The molecule has 0 aliphatic rings. The summed E-state index contributed by atoms with van der Waals surface area (Å²) in [7, 11) is 0. The van der Waals surface area contributed by atoms with Gasteiger partial charge in [0, 0.05) is 51.2 Å². The van der Waals surface area contributed by atoms with Crippen molar-refractivity contribution >= 4 is 0 Å². The SMILES string of the molecule is CC(C)(C)c1ccc(-c2cccc(C(C)(C)c3cccc(-c4ccc(C(C)(C)C)nc4)n3)n2)cn1. The van der Waals surface area contributed by atoms with Crippen LogP contribution in [0, 0.1) is 0 Å². The summed E-state index contributed by atoms with van der Waals surface area (Å²) in [6.45, 7) is 17.4. The van der Waals surface area contributed by atoms with Crippen LogP contribution in [0.25, 0.3) is 22.5 Å². The highest BCUT2D eigenvalue weighted by molar-refractivity contribution is 5.60. The zero-order valence-electron chi connectivity index (χ0n) is 22.2. The maximum absolute atomic E-state index is 5.03. The van der Waals surface area contributed by atoms with Gasteiger partial charge in [0.25, 0.3) is 0 Å². The van der Waals surface area contributed by atoms with Gasteiger partial charge in [0.15, 0.2) is 0 Å². The topological polar surface area (TPSA) is 51.6 Å². The molecule has 4 rings (SSSR count). The summed E-state index contributed by atoms with van der Waals surface area (Å²) >= 11 is 0. The average molecular weight is 465 g/mol. The van der Waals surface area contributed by atoms with Crippen LogP contribution in [0.4, 0.5) is 0 Å². The Bertz CT molecular complexity index is 1200. The van der Waals surface area contributed by atoms with Gasteiger partial charge < -0.3 is 0 Å². The van der Waals surface area contributed by atoms with E-state index in [0.717, 1.165) is 45.3 Å². The second-order valence-corrected chi connectivity index (χ2v) is 11.8. The first-order valence-corrected chi connectivity index (χ1v) is 12.2. The number of nitrogens with zero attached hydrogens (tertiary/aromatic N) is 4. The molecule has 0 aromatic carbocycles. The van der Waals surface area contributed by atoms with Crippen LogP contribution in [-0.4, -0.2) is 19.9 Å². The molecule has 0 fully saturated rings. The Balaban J connectivity index is 1.65. The molecule has 35 heavy (non-hydrogen) atoms. The van der Waals surface area contributed by atoms with E-state index in [2.05, 4.69) is 114 Å². The van der Waals surface area contributed by atoms with Gasteiger partial charge >= 0.3 is 0 Å². The Hall–Kier alpha value is -3.40. The predicted octanol–water partition coefficient (Wildman–Crippen LogP) is 7.52. The number of rotatable bonds is 4. The standard InChI is InChI=1S/C31H36N4/c1-29(2,3)25-17-15-21(19-32-25)23-11-9-13-27(34-23)31(7,8)28-14-10-12-24(35-28)22-16-18-26(33-20-22)30(4,5)6/h9-20H,1-8H3. The van der Waals surface area contributed by atoms with Crippen LogP contribution in [0.3, 0.4) is 0 Å². The van der Waals surface area contributed by atoms with E-state index in [0.29, 0.717) is 0 Å². The molecule has 4 aromatic rings. The summed E-state index contributed by atoms with van der Waals surface area (Å²) in [4.78, 5) is 19.4. The Morgan fingerprint density at radius 2 is 0.857 bits per heavy atom. The lowest BCUT2D eigenvalue weighted by Crippen LogP contribution is -2.22. The molecule has 0 radical (unpaired) electrons. The van der Waals surface area contributed by atoms with Crippen LogP contribution >= 0.6 is 0 Å². The van der Waals surface area contributed by atoms with E-state index in [9.17, 15) is 0 Å². The van der Waals surface area contributed by atoms with Crippen molar-refractivity contribution in [2.24, 2.45) is 0 Å². The van der Waals surface area contributed by atoms with Crippen LogP contribution < -0.4 is 0 Å². The fourth-order valence-electron chi connectivity index (χ4n) is 4.00. The van der Waals surface area contributed by atoms with Crippen molar-refractivity contribution in [3.8, 4) is 22.5 Å². The lowest BCUT2D eigenvalue weighted by molar-refractivity contribution is 0.569. The van der Waals surface area contributed by atoms with Crippen LogP contribution in [0.15, 0.2) is 73.1 Å². The number of pyridine rings is 4. The van der Waals surface area contributed by atoms with E-state index in [1.165, 1.54) is 0 Å². The highest BCUT2D eigenvalue weighted by atomic mass is 14.8. The minimum absolute atomic E-state index is 0.0229. The first-order chi connectivity index (χ1) is 16.4. The second-order valence-electron chi connectivity index (χ2n) is 11.8. The Morgan fingerprint density at radius 3 is 1.17 bits per heavy atom. The van der Waals surface area contributed by atoms with Crippen LogP contribution in [0.2, 0.25) is 0 Å². The molecule has 0 atom stereocenters. The molecule has 4 nitrogen and oxygen atoms in total. The first-order valence-electron chi connectivity index (χ1n) is 12.2. The third-order valence-electron chi connectivity index (χ3n) is 6.43. The van der Waals surface area contributed by atoms with Gasteiger partial charge in [-0.1, -0.05) is 53.7 Å². The number of hydrogen-bond acceptors (Lipinski definition) is 4. The smallest absolute Gasteiger partial charge is 0.0721 e. The molecule has 0 unspecified atom stereocenters. The molecule has 0 bridgehead atoms. The molecule has 0 saturated carbocycles. The van der Waals surface area contributed by atoms with Gasteiger partial charge in [0.1, 0.15) is 0 Å². The maximum atomic E-state index is 5.03. The zero-order chi connectivity index (χ0) is 25.4. The summed E-state index contributed by atoms with van der Waals surface area (Å²) in [6.07, 6.45) is 3.85. The van der Waals surface area contributed by atoms with E-state index < -0.39 is 0 Å². The lowest BCUT2D eigenvalue weighted by Gasteiger charge is -2.25. The zero-order valence-corrected chi connectivity index (χ0v) is 22.2. The number of hydrogen-bond donors (Lipinski definition) is 0. The van der Waals surface area contributed by atoms with E-state index in [4.69, 9.17) is 9.97 Å². The van der Waals surface area contributed by atoms with Crippen LogP contribution in [-0.2, 0) is 16.2 Å². The second kappa shape index (κ2) is 8.99. The van der Waals surface area contributed by atoms with Gasteiger partial charge in [0.2, 0.25) is 0 Å². The molecule has 0 aliphatic heterocycles. The highest BCUT2D eigenvalue weighted by Gasteiger charge is 2.27. The summed E-state index contributed by atoms with van der Waals surface area (Å²) in [6, 6.07) is 20.8. The van der Waals surface area contributed by atoms with Crippen molar-refractivity contribution in [1.82, 2.24) is 19.9 Å². The molecule has 4 aromatic heterocycles. The van der Waals surface area contributed by atoms with Crippen molar-refractivity contribution in [2.75, 3.05) is 0 Å². The monoisotopic (exact) mass is 464 g/mol. The Morgan fingerprint density at radius 1 is 0.457 bits per heavy atom. The fourth-order valence-corrected chi connectivity index (χ4v) is 4.00. The first kappa shape index (κ1) is 24.7. The lowest BCUT2D eigenvalue weighted by atomic mass is 9.84. The Kier molecular flexibility index (Phi) is 6.35. The van der Waals surface area contributed by atoms with Crippen molar-refractivity contribution in [2.45, 2.75) is 71.6 Å². The van der Waals surface area contributed by atoms with Crippen LogP contribution in [0.5, 0.6) is 0 Å². The van der Waals surface area contributed by atoms with Gasteiger partial charge in [0.05, 0.1) is 22.8 Å². The molecule has 0 amide bonds. The molecule has 0 N–H and O–H groups in total. The minimum atomic E-state index is -0.371. The third-order valence-corrected chi connectivity index (χ3v) is 6.43. The maximum Gasteiger partial charge on any atom is 0.0721 e. The van der Waals surface area contributed by atoms with E-state index >= 15 is 0 Å². The molecule has 4 heterocycles. The van der Waals surface area contributed by atoms with Gasteiger partial charge in [-0.2, -0.15) is 0 Å². The molecule has 0 aliphatic carbocycles. The van der Waals surface area contributed by atoms with Crippen molar-refractivity contribution < 1.29 is 0 Å². The van der Waals surface area contributed by atoms with Gasteiger partial charge in [-0.3, -0.25) is 19.9 Å². The van der Waals surface area contributed by atoms with Crippen LogP contribution in [0.1, 0.15) is 78.2 Å². The molecule has 0 saturated heterocycles. The third kappa shape index (κ3) is 5.32. The highest BCUT2D eigenvalue weighted by Crippen LogP contribution is 2.32. The summed E-state index contributed by atoms with van der Waals surface area (Å²) in [5, 5.41) is 0. The van der Waals surface area contributed by atoms with Gasteiger partial charge in [-0.25, -0.2) is 0 Å². The van der Waals surface area contributed by atoms with E-state index in [1.807, 2.05) is 24.5 Å². The summed E-state index contributed by atoms with van der Waals surface area (Å²) in [5.74, 6) is 0. The molecule has 0 spiro atoms. The molecular formula is C31H36N4. The predicted molar refractivity (Wildman–Crippen MR) is 144 cm³/mol. The van der Waals surface area contributed by atoms with Gasteiger partial charge in [-0.05, 0) is 62.4 Å². The molecular weight excluding hydrogens is 428 g/mol. The summed E-state index contributed by atoms with van der Waals surface area (Å²) in [5.41, 5.74) is 7.63.